The summed E-state index contributed by atoms with van der Waals surface area (Å²) in [7, 11) is -3.65. The molecule has 0 bridgehead atoms. The van der Waals surface area contributed by atoms with E-state index in [9.17, 15) is 13.2 Å². The van der Waals surface area contributed by atoms with Crippen molar-refractivity contribution in [1.82, 2.24) is 14.5 Å². The Hall–Kier alpha value is -1.43. The Balaban J connectivity index is 1.44. The van der Waals surface area contributed by atoms with E-state index in [1.165, 1.54) is 15.6 Å². The summed E-state index contributed by atoms with van der Waals surface area (Å²) in [5, 5.41) is 4.61. The first-order valence-corrected chi connectivity index (χ1v) is 13.8. The number of carbonyl (C=O) groups is 1. The minimum Gasteiger partial charge on any atom is -0.379 e. The van der Waals surface area contributed by atoms with E-state index in [1.54, 1.807) is 23.2 Å². The van der Waals surface area contributed by atoms with Crippen molar-refractivity contribution >= 4 is 39.0 Å². The maximum atomic E-state index is 13.1. The third-order valence-corrected chi connectivity index (χ3v) is 9.40. The van der Waals surface area contributed by atoms with Gasteiger partial charge in [0.2, 0.25) is 10.0 Å². The molecule has 0 aliphatic carbocycles. The van der Waals surface area contributed by atoms with Crippen molar-refractivity contribution in [3.63, 3.8) is 0 Å². The molecule has 0 saturated carbocycles. The van der Waals surface area contributed by atoms with E-state index in [1.807, 2.05) is 18.2 Å². The molecule has 1 aromatic carbocycles. The van der Waals surface area contributed by atoms with E-state index < -0.39 is 10.0 Å². The monoisotopic (exact) mass is 481 g/mol. The summed E-state index contributed by atoms with van der Waals surface area (Å²) < 4.78 is 33.0. The van der Waals surface area contributed by atoms with Gasteiger partial charge in [0.05, 0.1) is 13.2 Å². The molecule has 0 spiro atoms. The number of rotatable bonds is 7. The van der Waals surface area contributed by atoms with Crippen molar-refractivity contribution < 1.29 is 17.9 Å². The topological polar surface area (TPSA) is 79.0 Å². The van der Waals surface area contributed by atoms with Crippen molar-refractivity contribution in [3.05, 3.63) is 51.7 Å². The number of hydrogen-bond donors (Lipinski definition) is 1. The molecule has 1 amide bonds. The zero-order chi connectivity index (χ0) is 21.7. The van der Waals surface area contributed by atoms with Crippen molar-refractivity contribution in [2.45, 2.75) is 18.0 Å². The molecule has 1 aromatic heterocycles. The summed E-state index contributed by atoms with van der Waals surface area (Å²) in [6.07, 6.45) is 0. The molecule has 2 aliphatic heterocycles. The van der Waals surface area contributed by atoms with E-state index in [0.29, 0.717) is 19.6 Å². The molecule has 0 atom stereocenters. The predicted octanol–water partition coefficient (Wildman–Crippen LogP) is 2.25. The number of thiophene rings is 1. The number of ether oxygens (including phenoxy) is 1. The highest BCUT2D eigenvalue weighted by Gasteiger charge is 2.31. The molecule has 0 radical (unpaired) electrons. The van der Waals surface area contributed by atoms with Gasteiger partial charge in [0.1, 0.15) is 9.77 Å². The van der Waals surface area contributed by atoms with Gasteiger partial charge < -0.3 is 10.1 Å². The van der Waals surface area contributed by atoms with Crippen LogP contribution >= 0.6 is 23.1 Å². The Morgan fingerprint density at radius 3 is 2.48 bits per heavy atom. The summed E-state index contributed by atoms with van der Waals surface area (Å²) in [4.78, 5) is 15.6. The lowest BCUT2D eigenvalue weighted by atomic mass is 10.1. The highest BCUT2D eigenvalue weighted by molar-refractivity contribution is 7.99. The lowest BCUT2D eigenvalue weighted by Crippen LogP contribution is -2.38. The van der Waals surface area contributed by atoms with Gasteiger partial charge in [-0.15, -0.1) is 11.3 Å². The van der Waals surface area contributed by atoms with E-state index in [4.69, 9.17) is 4.74 Å². The van der Waals surface area contributed by atoms with Gasteiger partial charge in [-0.1, -0.05) is 24.3 Å². The number of nitrogens with zero attached hydrogens (tertiary/aromatic N) is 2. The SMILES string of the molecule is O=C(NCc1ccccc1CN1CCOCC1)c1sccc1S(=O)(=O)N1CCSCC1. The van der Waals surface area contributed by atoms with Gasteiger partial charge in [0.15, 0.2) is 0 Å². The number of hydrogen-bond acceptors (Lipinski definition) is 7. The number of morpholine rings is 1. The number of nitrogens with one attached hydrogen (secondary N) is 1. The van der Waals surface area contributed by atoms with Crippen molar-refractivity contribution in [2.75, 3.05) is 50.9 Å². The van der Waals surface area contributed by atoms with E-state index in [2.05, 4.69) is 16.3 Å². The zero-order valence-electron chi connectivity index (χ0n) is 17.3. The molecular weight excluding hydrogens is 454 g/mol. The number of sulfonamides is 1. The lowest BCUT2D eigenvalue weighted by molar-refractivity contribution is 0.0340. The van der Waals surface area contributed by atoms with Crippen LogP contribution in [0.1, 0.15) is 20.8 Å². The van der Waals surface area contributed by atoms with Crippen LogP contribution in [0.25, 0.3) is 0 Å². The second-order valence-electron chi connectivity index (χ2n) is 7.47. The van der Waals surface area contributed by atoms with Crippen LogP contribution in [0.15, 0.2) is 40.6 Å². The van der Waals surface area contributed by atoms with Gasteiger partial charge in [-0.2, -0.15) is 16.1 Å². The molecule has 3 heterocycles. The Labute approximate surface area is 191 Å². The molecule has 2 saturated heterocycles. The minimum absolute atomic E-state index is 0.114. The first-order valence-electron chi connectivity index (χ1n) is 10.4. The largest absolute Gasteiger partial charge is 0.379 e. The lowest BCUT2D eigenvalue weighted by Gasteiger charge is -2.27. The highest BCUT2D eigenvalue weighted by Crippen LogP contribution is 2.27. The molecule has 0 unspecified atom stereocenters. The fraction of sp³-hybridized carbons (Fsp3) is 0.476. The number of carbonyl (C=O) groups excluding carboxylic acids is 1. The Bertz CT molecular complexity index is 997. The molecule has 10 heteroatoms. The van der Waals surface area contributed by atoms with Gasteiger partial charge in [0, 0.05) is 50.8 Å². The standard InChI is InChI=1S/C21H27N3O4S3/c25-21(20-19(5-12-30-20)31(26,27)24-8-13-29-14-9-24)22-15-17-3-1-2-4-18(17)16-23-6-10-28-11-7-23/h1-5,12H,6-11,13-16H2,(H,22,25). The smallest absolute Gasteiger partial charge is 0.263 e. The first kappa shape index (κ1) is 22.8. The highest BCUT2D eigenvalue weighted by atomic mass is 32.2. The molecule has 168 valence electrons. The average molecular weight is 482 g/mol. The molecule has 1 N–H and O–H groups in total. The van der Waals surface area contributed by atoms with Crippen molar-refractivity contribution in [3.8, 4) is 0 Å². The second-order valence-corrected chi connectivity index (χ2v) is 11.5. The van der Waals surface area contributed by atoms with Crippen LogP contribution in [0.4, 0.5) is 0 Å². The average Bonchev–Trinajstić information content (AvgIpc) is 3.31. The minimum atomic E-state index is -3.65. The number of benzene rings is 1. The van der Waals surface area contributed by atoms with E-state index in [-0.39, 0.29) is 15.7 Å². The Kier molecular flexibility index (Phi) is 7.68. The van der Waals surface area contributed by atoms with Crippen LogP contribution in [0.3, 0.4) is 0 Å². The summed E-state index contributed by atoms with van der Waals surface area (Å²) in [6.45, 7) is 5.41. The zero-order valence-corrected chi connectivity index (χ0v) is 19.7. The molecule has 2 aromatic rings. The van der Waals surface area contributed by atoms with Crippen LogP contribution in [0.5, 0.6) is 0 Å². The molecular formula is C21H27N3O4S3. The van der Waals surface area contributed by atoms with Crippen LogP contribution < -0.4 is 5.32 Å². The number of thioether (sulfide) groups is 1. The fourth-order valence-corrected chi connectivity index (χ4v) is 7.63. The second kappa shape index (κ2) is 10.5. The van der Waals surface area contributed by atoms with Crippen LogP contribution in [0, 0.1) is 0 Å². The normalized spacial score (nSPS) is 18.7. The van der Waals surface area contributed by atoms with Crippen LogP contribution in [-0.2, 0) is 27.8 Å². The van der Waals surface area contributed by atoms with Gasteiger partial charge in [-0.05, 0) is 22.6 Å². The molecule has 7 nitrogen and oxygen atoms in total. The van der Waals surface area contributed by atoms with Gasteiger partial charge in [0.25, 0.3) is 5.91 Å². The molecule has 31 heavy (non-hydrogen) atoms. The van der Waals surface area contributed by atoms with Gasteiger partial charge >= 0.3 is 0 Å². The maximum Gasteiger partial charge on any atom is 0.263 e. The fourth-order valence-electron chi connectivity index (χ4n) is 3.73. The Morgan fingerprint density at radius 2 is 1.74 bits per heavy atom. The van der Waals surface area contributed by atoms with E-state index >= 15 is 0 Å². The van der Waals surface area contributed by atoms with E-state index in [0.717, 1.165) is 55.5 Å². The third kappa shape index (κ3) is 5.50. The first-order chi connectivity index (χ1) is 15.1. The van der Waals surface area contributed by atoms with Crippen molar-refractivity contribution in [2.24, 2.45) is 0 Å². The van der Waals surface area contributed by atoms with Crippen LogP contribution in [0.2, 0.25) is 0 Å². The van der Waals surface area contributed by atoms with Gasteiger partial charge in [-0.3, -0.25) is 9.69 Å². The molecule has 2 fully saturated rings. The van der Waals surface area contributed by atoms with Gasteiger partial charge in [-0.25, -0.2) is 8.42 Å². The third-order valence-electron chi connectivity index (χ3n) is 5.48. The summed E-state index contributed by atoms with van der Waals surface area (Å²) in [5.41, 5.74) is 2.20. The predicted molar refractivity (Wildman–Crippen MR) is 124 cm³/mol. The summed E-state index contributed by atoms with van der Waals surface area (Å²) >= 11 is 2.92. The van der Waals surface area contributed by atoms with Crippen LogP contribution in [-0.4, -0.2) is 74.4 Å². The Morgan fingerprint density at radius 1 is 1.03 bits per heavy atom. The maximum absolute atomic E-state index is 13.1. The number of amides is 1. The summed E-state index contributed by atoms with van der Waals surface area (Å²) in [5.74, 6) is 1.22. The van der Waals surface area contributed by atoms with Crippen molar-refractivity contribution in [1.29, 1.82) is 0 Å². The molecule has 4 rings (SSSR count). The molecule has 2 aliphatic rings. The quantitative estimate of drug-likeness (QED) is 0.654. The summed E-state index contributed by atoms with van der Waals surface area (Å²) in [6, 6.07) is 9.59.